The fourth-order valence-electron chi connectivity index (χ4n) is 1.57. The number of carbonyl (C=O) groups excluding carboxylic acids is 1. The molecule has 0 unspecified atom stereocenters. The minimum Gasteiger partial charge on any atom is -0.366 e. The second kappa shape index (κ2) is 5.71. The van der Waals surface area contributed by atoms with Crippen molar-refractivity contribution in [3.05, 3.63) is 58.9 Å². The summed E-state index contributed by atoms with van der Waals surface area (Å²) in [4.78, 5) is 10.9. The highest BCUT2D eigenvalue weighted by Crippen LogP contribution is 2.25. The summed E-state index contributed by atoms with van der Waals surface area (Å²) in [5, 5.41) is -0.0627. The van der Waals surface area contributed by atoms with Crippen LogP contribution in [-0.4, -0.2) is 14.3 Å². The Morgan fingerprint density at radius 1 is 1.14 bits per heavy atom. The molecular weight excluding hydrogens is 319 g/mol. The standard InChI is InChI=1S/C13H10ClFN2O3S/c14-11-7-9(15)3-6-12(11)17-21(19,20)10-4-1-8(2-5-10)13(16)18/h1-7,17H,(H2,16,18). The van der Waals surface area contributed by atoms with E-state index in [1.807, 2.05) is 0 Å². The SMILES string of the molecule is NC(=O)c1ccc(S(=O)(=O)Nc2ccc(F)cc2Cl)cc1. The number of carbonyl (C=O) groups is 1. The van der Waals surface area contributed by atoms with Crippen LogP contribution in [0.4, 0.5) is 10.1 Å². The van der Waals surface area contributed by atoms with Crippen LogP contribution in [0.3, 0.4) is 0 Å². The van der Waals surface area contributed by atoms with E-state index in [0.717, 1.165) is 12.1 Å². The smallest absolute Gasteiger partial charge is 0.261 e. The molecule has 0 saturated heterocycles. The molecule has 0 atom stereocenters. The van der Waals surface area contributed by atoms with Gasteiger partial charge in [-0.2, -0.15) is 0 Å². The summed E-state index contributed by atoms with van der Waals surface area (Å²) in [6, 6.07) is 8.36. The van der Waals surface area contributed by atoms with Gasteiger partial charge in [-0.1, -0.05) is 11.6 Å². The van der Waals surface area contributed by atoms with Gasteiger partial charge >= 0.3 is 0 Å². The Labute approximate surface area is 125 Å². The third kappa shape index (κ3) is 3.50. The van der Waals surface area contributed by atoms with Crippen molar-refractivity contribution in [1.29, 1.82) is 0 Å². The second-order valence-electron chi connectivity index (χ2n) is 4.12. The highest BCUT2D eigenvalue weighted by atomic mass is 35.5. The van der Waals surface area contributed by atoms with Crippen molar-refractivity contribution in [2.75, 3.05) is 4.72 Å². The Hall–Kier alpha value is -2.12. The summed E-state index contributed by atoms with van der Waals surface area (Å²) in [7, 11) is -3.90. The summed E-state index contributed by atoms with van der Waals surface area (Å²) < 4.78 is 39.4. The van der Waals surface area contributed by atoms with E-state index in [2.05, 4.69) is 4.72 Å². The molecule has 1 amide bonds. The van der Waals surface area contributed by atoms with Crippen LogP contribution in [-0.2, 0) is 10.0 Å². The fraction of sp³-hybridized carbons (Fsp3) is 0. The van der Waals surface area contributed by atoms with E-state index in [4.69, 9.17) is 17.3 Å². The Kier molecular flexibility index (Phi) is 4.15. The lowest BCUT2D eigenvalue weighted by Crippen LogP contribution is -2.15. The summed E-state index contributed by atoms with van der Waals surface area (Å²) in [6.07, 6.45) is 0. The van der Waals surface area contributed by atoms with Crippen molar-refractivity contribution < 1.29 is 17.6 Å². The molecule has 3 N–H and O–H groups in total. The van der Waals surface area contributed by atoms with Gasteiger partial charge in [-0.05, 0) is 42.5 Å². The Morgan fingerprint density at radius 2 is 1.76 bits per heavy atom. The van der Waals surface area contributed by atoms with E-state index >= 15 is 0 Å². The summed E-state index contributed by atoms with van der Waals surface area (Å²) >= 11 is 5.76. The molecule has 0 heterocycles. The van der Waals surface area contributed by atoms with Gasteiger partial charge in [0.25, 0.3) is 10.0 Å². The molecule has 0 aromatic heterocycles. The van der Waals surface area contributed by atoms with E-state index in [1.54, 1.807) is 0 Å². The fourth-order valence-corrected chi connectivity index (χ4v) is 2.92. The predicted molar refractivity (Wildman–Crippen MR) is 77.2 cm³/mol. The number of primary amides is 1. The average Bonchev–Trinajstić information content (AvgIpc) is 2.42. The molecule has 0 saturated carbocycles. The molecule has 0 aliphatic carbocycles. The molecule has 8 heteroatoms. The van der Waals surface area contributed by atoms with E-state index in [-0.39, 0.29) is 21.2 Å². The molecule has 110 valence electrons. The van der Waals surface area contributed by atoms with Crippen molar-refractivity contribution in [2.24, 2.45) is 5.73 Å². The van der Waals surface area contributed by atoms with Gasteiger partial charge in [0.1, 0.15) is 5.82 Å². The van der Waals surface area contributed by atoms with Crippen molar-refractivity contribution in [2.45, 2.75) is 4.90 Å². The number of nitrogens with two attached hydrogens (primary N) is 1. The second-order valence-corrected chi connectivity index (χ2v) is 6.21. The van der Waals surface area contributed by atoms with E-state index in [1.165, 1.54) is 30.3 Å². The van der Waals surface area contributed by atoms with Gasteiger partial charge in [0.05, 0.1) is 15.6 Å². The van der Waals surface area contributed by atoms with Crippen molar-refractivity contribution in [3.8, 4) is 0 Å². The van der Waals surface area contributed by atoms with Gasteiger partial charge in [-0.3, -0.25) is 9.52 Å². The molecule has 0 bridgehead atoms. The first kappa shape index (κ1) is 15.3. The van der Waals surface area contributed by atoms with Gasteiger partial charge in [-0.25, -0.2) is 12.8 Å². The molecule has 0 aliphatic rings. The lowest BCUT2D eigenvalue weighted by atomic mass is 10.2. The molecule has 0 spiro atoms. The lowest BCUT2D eigenvalue weighted by molar-refractivity contribution is 0.1000. The number of amides is 1. The number of halogens is 2. The largest absolute Gasteiger partial charge is 0.366 e. The van der Waals surface area contributed by atoms with Crippen LogP contribution in [0.1, 0.15) is 10.4 Å². The number of anilines is 1. The molecule has 0 fully saturated rings. The van der Waals surface area contributed by atoms with Crippen LogP contribution in [0.2, 0.25) is 5.02 Å². The van der Waals surface area contributed by atoms with Gasteiger partial charge < -0.3 is 5.73 Å². The van der Waals surface area contributed by atoms with Crippen LogP contribution >= 0.6 is 11.6 Å². The zero-order chi connectivity index (χ0) is 15.6. The zero-order valence-corrected chi connectivity index (χ0v) is 12.1. The monoisotopic (exact) mass is 328 g/mol. The number of rotatable bonds is 4. The van der Waals surface area contributed by atoms with E-state index < -0.39 is 21.7 Å². The van der Waals surface area contributed by atoms with Crippen molar-refractivity contribution in [3.63, 3.8) is 0 Å². The first-order valence-corrected chi connectivity index (χ1v) is 7.53. The van der Waals surface area contributed by atoms with E-state index in [0.29, 0.717) is 0 Å². The Balaban J connectivity index is 2.31. The first-order chi connectivity index (χ1) is 9.79. The summed E-state index contributed by atoms with van der Waals surface area (Å²) in [5.41, 5.74) is 5.31. The van der Waals surface area contributed by atoms with Crippen LogP contribution in [0.5, 0.6) is 0 Å². The number of nitrogens with one attached hydrogen (secondary N) is 1. The molecular formula is C13H10ClFN2O3S. The topological polar surface area (TPSA) is 89.3 Å². The maximum absolute atomic E-state index is 12.9. The maximum Gasteiger partial charge on any atom is 0.261 e. The number of hydrogen-bond acceptors (Lipinski definition) is 3. The molecule has 2 aromatic rings. The predicted octanol–water partition coefficient (Wildman–Crippen LogP) is 2.38. The van der Waals surface area contributed by atoms with Gasteiger partial charge in [-0.15, -0.1) is 0 Å². The van der Waals surface area contributed by atoms with Gasteiger partial charge in [0.2, 0.25) is 5.91 Å². The lowest BCUT2D eigenvalue weighted by Gasteiger charge is -2.10. The molecule has 0 aliphatic heterocycles. The maximum atomic E-state index is 12.9. The first-order valence-electron chi connectivity index (χ1n) is 5.67. The number of benzene rings is 2. The third-order valence-electron chi connectivity index (χ3n) is 2.62. The molecule has 21 heavy (non-hydrogen) atoms. The number of hydrogen-bond donors (Lipinski definition) is 2. The van der Waals surface area contributed by atoms with Gasteiger partial charge in [0, 0.05) is 5.56 Å². The van der Waals surface area contributed by atoms with Gasteiger partial charge in [0.15, 0.2) is 0 Å². The normalized spacial score (nSPS) is 11.1. The van der Waals surface area contributed by atoms with E-state index in [9.17, 15) is 17.6 Å². The van der Waals surface area contributed by atoms with Crippen LogP contribution in [0.25, 0.3) is 0 Å². The van der Waals surface area contributed by atoms with Crippen molar-refractivity contribution >= 4 is 33.2 Å². The third-order valence-corrected chi connectivity index (χ3v) is 4.32. The van der Waals surface area contributed by atoms with Crippen molar-refractivity contribution in [1.82, 2.24) is 0 Å². The molecule has 2 rings (SSSR count). The minimum absolute atomic E-state index is 0.0528. The van der Waals surface area contributed by atoms with Crippen LogP contribution in [0.15, 0.2) is 47.4 Å². The highest BCUT2D eigenvalue weighted by molar-refractivity contribution is 7.92. The average molecular weight is 329 g/mol. The molecule has 5 nitrogen and oxygen atoms in total. The Morgan fingerprint density at radius 3 is 2.29 bits per heavy atom. The summed E-state index contributed by atoms with van der Waals surface area (Å²) in [5.74, 6) is -1.23. The zero-order valence-electron chi connectivity index (χ0n) is 10.5. The number of sulfonamides is 1. The van der Waals surface area contributed by atoms with Crippen LogP contribution in [0, 0.1) is 5.82 Å². The van der Waals surface area contributed by atoms with Crippen LogP contribution < -0.4 is 10.5 Å². The summed E-state index contributed by atoms with van der Waals surface area (Å²) in [6.45, 7) is 0. The minimum atomic E-state index is -3.90. The quantitative estimate of drug-likeness (QED) is 0.903. The highest BCUT2D eigenvalue weighted by Gasteiger charge is 2.16. The Bertz CT molecular complexity index is 792. The molecule has 2 aromatic carbocycles. The molecule has 0 radical (unpaired) electrons.